The van der Waals surface area contributed by atoms with Crippen LogP contribution in [0.15, 0.2) is 16.5 Å². The second-order valence-corrected chi connectivity index (χ2v) is 5.88. The average Bonchev–Trinajstić information content (AvgIpc) is 2.81. The van der Waals surface area contributed by atoms with E-state index in [1.807, 2.05) is 32.9 Å². The molecule has 0 spiro atoms. The number of carbonyl (C=O) groups excluding carboxylic acids is 1. The first-order valence-electron chi connectivity index (χ1n) is 7.21. The van der Waals surface area contributed by atoms with Crippen molar-refractivity contribution in [1.82, 2.24) is 4.90 Å². The molecule has 1 atom stereocenters. The maximum absolute atomic E-state index is 12.6. The molecular formula is C17H21NO4. The SMILES string of the molecule is Cc1ccc(C)c2c(C)c(C(=O)N(C)CC(C)C(=O)O)oc12. The molecule has 0 aliphatic heterocycles. The minimum atomic E-state index is -0.923. The zero-order valence-corrected chi connectivity index (χ0v) is 13.6. The summed E-state index contributed by atoms with van der Waals surface area (Å²) in [6.45, 7) is 7.50. The number of benzene rings is 1. The van der Waals surface area contributed by atoms with E-state index in [9.17, 15) is 9.59 Å². The molecule has 0 fully saturated rings. The van der Waals surface area contributed by atoms with Crippen molar-refractivity contribution < 1.29 is 19.1 Å². The second kappa shape index (κ2) is 5.83. The van der Waals surface area contributed by atoms with Gasteiger partial charge in [0.2, 0.25) is 0 Å². The molecule has 1 amide bonds. The molecular weight excluding hydrogens is 282 g/mol. The summed E-state index contributed by atoms with van der Waals surface area (Å²) in [5, 5.41) is 9.92. The van der Waals surface area contributed by atoms with Crippen LogP contribution in [0.2, 0.25) is 0 Å². The molecule has 0 radical (unpaired) electrons. The third-order valence-electron chi connectivity index (χ3n) is 3.99. The summed E-state index contributed by atoms with van der Waals surface area (Å²) in [7, 11) is 1.59. The Hall–Kier alpha value is -2.30. The van der Waals surface area contributed by atoms with E-state index >= 15 is 0 Å². The van der Waals surface area contributed by atoms with Gasteiger partial charge in [0.1, 0.15) is 5.58 Å². The summed E-state index contributed by atoms with van der Waals surface area (Å²) in [4.78, 5) is 24.9. The highest BCUT2D eigenvalue weighted by atomic mass is 16.4. The summed E-state index contributed by atoms with van der Waals surface area (Å²) in [6, 6.07) is 3.97. The van der Waals surface area contributed by atoms with Gasteiger partial charge in [-0.3, -0.25) is 9.59 Å². The number of fused-ring (bicyclic) bond motifs is 1. The van der Waals surface area contributed by atoms with Gasteiger partial charge in [0.05, 0.1) is 5.92 Å². The quantitative estimate of drug-likeness (QED) is 0.942. The van der Waals surface area contributed by atoms with Crippen LogP contribution in [0.1, 0.15) is 34.2 Å². The molecule has 0 aliphatic carbocycles. The van der Waals surface area contributed by atoms with E-state index < -0.39 is 11.9 Å². The van der Waals surface area contributed by atoms with Crippen LogP contribution in [-0.4, -0.2) is 35.5 Å². The fourth-order valence-corrected chi connectivity index (χ4v) is 2.62. The number of rotatable bonds is 4. The normalized spacial score (nSPS) is 12.4. The standard InChI is InChI=1S/C17H21NO4/c1-9-6-7-10(2)14-13(9)12(4)15(22-14)16(19)18(5)8-11(3)17(20)21/h6-7,11H,8H2,1-5H3,(H,20,21). The van der Waals surface area contributed by atoms with E-state index in [0.717, 1.165) is 27.7 Å². The van der Waals surface area contributed by atoms with Crippen molar-refractivity contribution in [3.8, 4) is 0 Å². The highest BCUT2D eigenvalue weighted by Gasteiger charge is 2.24. The van der Waals surface area contributed by atoms with Gasteiger partial charge >= 0.3 is 5.97 Å². The van der Waals surface area contributed by atoms with Crippen LogP contribution in [-0.2, 0) is 4.79 Å². The van der Waals surface area contributed by atoms with Crippen LogP contribution in [0.25, 0.3) is 11.0 Å². The first-order valence-corrected chi connectivity index (χ1v) is 7.21. The van der Waals surface area contributed by atoms with Crippen LogP contribution in [0, 0.1) is 26.7 Å². The van der Waals surface area contributed by atoms with Gasteiger partial charge in [0, 0.05) is 24.5 Å². The summed E-state index contributed by atoms with van der Waals surface area (Å²) in [5.74, 6) is -1.55. The van der Waals surface area contributed by atoms with Crippen molar-refractivity contribution in [2.45, 2.75) is 27.7 Å². The van der Waals surface area contributed by atoms with Crippen LogP contribution in [0.4, 0.5) is 0 Å². The third kappa shape index (κ3) is 2.71. The molecule has 1 aromatic carbocycles. The van der Waals surface area contributed by atoms with E-state index in [1.165, 1.54) is 4.90 Å². The van der Waals surface area contributed by atoms with Gasteiger partial charge < -0.3 is 14.4 Å². The molecule has 0 saturated heterocycles. The molecule has 118 valence electrons. The van der Waals surface area contributed by atoms with E-state index in [2.05, 4.69) is 0 Å². The topological polar surface area (TPSA) is 70.8 Å². The van der Waals surface area contributed by atoms with Gasteiger partial charge in [-0.15, -0.1) is 0 Å². The molecule has 0 bridgehead atoms. The molecule has 22 heavy (non-hydrogen) atoms. The van der Waals surface area contributed by atoms with Crippen molar-refractivity contribution in [1.29, 1.82) is 0 Å². The van der Waals surface area contributed by atoms with Crippen molar-refractivity contribution in [3.63, 3.8) is 0 Å². The lowest BCUT2D eigenvalue weighted by molar-refractivity contribution is -0.141. The summed E-state index contributed by atoms with van der Waals surface area (Å²) >= 11 is 0. The van der Waals surface area contributed by atoms with Crippen LogP contribution < -0.4 is 0 Å². The number of furan rings is 1. The molecule has 0 aliphatic rings. The number of aryl methyl sites for hydroxylation is 3. The van der Waals surface area contributed by atoms with Crippen LogP contribution >= 0.6 is 0 Å². The van der Waals surface area contributed by atoms with E-state index in [-0.39, 0.29) is 18.2 Å². The molecule has 5 nitrogen and oxygen atoms in total. The number of nitrogens with zero attached hydrogens (tertiary/aromatic N) is 1. The fourth-order valence-electron chi connectivity index (χ4n) is 2.62. The summed E-state index contributed by atoms with van der Waals surface area (Å²) in [6.07, 6.45) is 0. The molecule has 0 saturated carbocycles. The van der Waals surface area contributed by atoms with Crippen molar-refractivity contribution in [3.05, 3.63) is 34.6 Å². The second-order valence-electron chi connectivity index (χ2n) is 5.88. The molecule has 1 unspecified atom stereocenters. The molecule has 2 aromatic rings. The van der Waals surface area contributed by atoms with Crippen molar-refractivity contribution in [2.75, 3.05) is 13.6 Å². The smallest absolute Gasteiger partial charge is 0.308 e. The Bertz CT molecular complexity index is 745. The van der Waals surface area contributed by atoms with E-state index in [1.54, 1.807) is 14.0 Å². The number of carbonyl (C=O) groups is 2. The highest BCUT2D eigenvalue weighted by Crippen LogP contribution is 2.31. The Morgan fingerprint density at radius 1 is 1.23 bits per heavy atom. The van der Waals surface area contributed by atoms with Gasteiger partial charge in [-0.05, 0) is 31.9 Å². The van der Waals surface area contributed by atoms with Crippen molar-refractivity contribution in [2.24, 2.45) is 5.92 Å². The first kappa shape index (κ1) is 16.1. The Labute approximate surface area is 129 Å². The Balaban J connectivity index is 2.41. The van der Waals surface area contributed by atoms with Crippen molar-refractivity contribution >= 4 is 22.8 Å². The average molecular weight is 303 g/mol. The monoisotopic (exact) mass is 303 g/mol. The van der Waals surface area contributed by atoms with Crippen LogP contribution in [0.5, 0.6) is 0 Å². The summed E-state index contributed by atoms with van der Waals surface area (Å²) < 4.78 is 5.80. The Morgan fingerprint density at radius 3 is 2.36 bits per heavy atom. The Morgan fingerprint density at radius 2 is 1.82 bits per heavy atom. The number of hydrogen-bond acceptors (Lipinski definition) is 3. The number of hydrogen-bond donors (Lipinski definition) is 1. The van der Waals surface area contributed by atoms with E-state index in [4.69, 9.17) is 9.52 Å². The predicted molar refractivity (Wildman–Crippen MR) is 84.2 cm³/mol. The minimum absolute atomic E-state index is 0.141. The molecule has 2 rings (SSSR count). The zero-order chi connectivity index (χ0) is 16.6. The fraction of sp³-hybridized carbons (Fsp3) is 0.412. The minimum Gasteiger partial charge on any atom is -0.481 e. The lowest BCUT2D eigenvalue weighted by Crippen LogP contribution is -2.33. The summed E-state index contributed by atoms with van der Waals surface area (Å²) in [5.41, 5.74) is 3.56. The molecule has 1 aromatic heterocycles. The first-order chi connectivity index (χ1) is 10.2. The van der Waals surface area contributed by atoms with Crippen LogP contribution in [0.3, 0.4) is 0 Å². The Kier molecular flexibility index (Phi) is 4.26. The molecule has 1 N–H and O–H groups in total. The van der Waals surface area contributed by atoms with Gasteiger partial charge in [-0.1, -0.05) is 19.1 Å². The molecule has 1 heterocycles. The molecule has 5 heteroatoms. The van der Waals surface area contributed by atoms with E-state index in [0.29, 0.717) is 0 Å². The van der Waals surface area contributed by atoms with Gasteiger partial charge in [-0.2, -0.15) is 0 Å². The number of amides is 1. The van der Waals surface area contributed by atoms with Gasteiger partial charge in [0.25, 0.3) is 5.91 Å². The number of carboxylic acid groups (broad SMARTS) is 1. The maximum atomic E-state index is 12.6. The maximum Gasteiger partial charge on any atom is 0.308 e. The van der Waals surface area contributed by atoms with Gasteiger partial charge in [0.15, 0.2) is 5.76 Å². The lowest BCUT2D eigenvalue weighted by atomic mass is 10.0. The third-order valence-corrected chi connectivity index (χ3v) is 3.99. The van der Waals surface area contributed by atoms with Gasteiger partial charge in [-0.25, -0.2) is 0 Å². The highest BCUT2D eigenvalue weighted by molar-refractivity contribution is 6.00. The number of carboxylic acids is 1. The predicted octanol–water partition coefficient (Wildman–Crippen LogP) is 3.15. The zero-order valence-electron chi connectivity index (χ0n) is 13.6. The number of aliphatic carboxylic acids is 1. The lowest BCUT2D eigenvalue weighted by Gasteiger charge is -2.18. The largest absolute Gasteiger partial charge is 0.481 e.